The van der Waals surface area contributed by atoms with Gasteiger partial charge in [-0.3, -0.25) is 10.1 Å². The van der Waals surface area contributed by atoms with Gasteiger partial charge in [0.1, 0.15) is 6.10 Å². The van der Waals surface area contributed by atoms with Crippen LogP contribution in [-0.4, -0.2) is 54.7 Å². The molecule has 1 aromatic carbocycles. The number of hydrogen-bond acceptors (Lipinski definition) is 9. The average Bonchev–Trinajstić information content (AvgIpc) is 3.45. The molecular weight excluding hydrogens is 504 g/mol. The first-order valence-electron chi connectivity index (χ1n) is 12.2. The first-order chi connectivity index (χ1) is 17.0. The van der Waals surface area contributed by atoms with E-state index in [0.717, 1.165) is 55.8 Å². The topological polar surface area (TPSA) is 110 Å². The van der Waals surface area contributed by atoms with Gasteiger partial charge in [0.05, 0.1) is 20.6 Å². The lowest BCUT2D eigenvalue weighted by Gasteiger charge is -2.20. The summed E-state index contributed by atoms with van der Waals surface area (Å²) in [4.78, 5) is 23.6. The lowest BCUT2D eigenvalue weighted by Crippen LogP contribution is -2.28. The third-order valence-electron chi connectivity index (χ3n) is 6.50. The number of benzene rings is 1. The zero-order valence-electron chi connectivity index (χ0n) is 19.4. The number of amides is 1. The minimum absolute atomic E-state index is 0.000154. The fourth-order valence-electron chi connectivity index (χ4n) is 4.33. The number of piperidine rings is 1. The van der Waals surface area contributed by atoms with Crippen molar-refractivity contribution in [2.75, 3.05) is 18.4 Å². The maximum absolute atomic E-state index is 13.2. The van der Waals surface area contributed by atoms with E-state index in [1.54, 1.807) is 30.5 Å². The van der Waals surface area contributed by atoms with Crippen molar-refractivity contribution in [1.82, 2.24) is 10.3 Å². The molecule has 0 bridgehead atoms. The maximum atomic E-state index is 13.2. The van der Waals surface area contributed by atoms with Crippen LogP contribution in [0.4, 0.5) is 5.13 Å². The molecule has 0 atom stereocenters. The Bertz CT molecular complexity index is 1160. The van der Waals surface area contributed by atoms with Gasteiger partial charge in [0.15, 0.2) is 20.7 Å². The number of nitrogens with zero attached hydrogens (tertiary/aromatic N) is 2. The number of aromatic nitrogens is 1. The van der Waals surface area contributed by atoms with Gasteiger partial charge in [-0.25, -0.2) is 13.4 Å². The van der Waals surface area contributed by atoms with Gasteiger partial charge in [-0.2, -0.15) is 0 Å². The minimum Gasteiger partial charge on any atom is -0.392 e. The normalized spacial score (nSPS) is 20.2. The number of sulfone groups is 1. The summed E-state index contributed by atoms with van der Waals surface area (Å²) in [5, 5.41) is 11.2. The molecule has 11 heteroatoms. The zero-order valence-corrected chi connectivity index (χ0v) is 21.9. The van der Waals surface area contributed by atoms with Gasteiger partial charge in [-0.05, 0) is 76.6 Å². The molecule has 188 valence electrons. The first-order valence-corrected chi connectivity index (χ1v) is 15.5. The van der Waals surface area contributed by atoms with Crippen molar-refractivity contribution in [2.45, 2.75) is 77.1 Å². The Balaban J connectivity index is 1.31. The maximum Gasteiger partial charge on any atom is 0.280 e. The molecular formula is C24H30N4O4S3. The molecule has 1 aliphatic heterocycles. The molecule has 1 amide bonds. The quantitative estimate of drug-likeness (QED) is 0.366. The summed E-state index contributed by atoms with van der Waals surface area (Å²) >= 11 is 3.26. The number of hydrogen-bond donors (Lipinski definition) is 2. The minimum atomic E-state index is -3.30. The van der Waals surface area contributed by atoms with Gasteiger partial charge in [0.25, 0.3) is 5.91 Å². The largest absolute Gasteiger partial charge is 0.392 e. The molecule has 0 radical (unpaired) electrons. The van der Waals surface area contributed by atoms with E-state index in [-0.39, 0.29) is 22.0 Å². The molecule has 8 nitrogen and oxygen atoms in total. The Kier molecular flexibility index (Phi) is 7.76. The average molecular weight is 535 g/mol. The van der Waals surface area contributed by atoms with Crippen LogP contribution < -0.4 is 10.6 Å². The zero-order chi connectivity index (χ0) is 24.3. The molecule has 3 fully saturated rings. The summed E-state index contributed by atoms with van der Waals surface area (Å²) in [6.45, 7) is 2.06. The summed E-state index contributed by atoms with van der Waals surface area (Å²) in [5.41, 5.74) is 0.631. The van der Waals surface area contributed by atoms with E-state index in [1.165, 1.54) is 11.3 Å². The number of carbonyl (C=O) groups excluding carboxylic acids is 1. The Morgan fingerprint density at radius 3 is 2.49 bits per heavy atom. The van der Waals surface area contributed by atoms with Crippen molar-refractivity contribution in [3.05, 3.63) is 36.0 Å². The van der Waals surface area contributed by atoms with E-state index in [0.29, 0.717) is 28.8 Å². The van der Waals surface area contributed by atoms with Crippen molar-refractivity contribution in [3.63, 3.8) is 0 Å². The van der Waals surface area contributed by atoms with Crippen molar-refractivity contribution >= 4 is 49.7 Å². The van der Waals surface area contributed by atoms with E-state index < -0.39 is 15.7 Å². The third kappa shape index (κ3) is 6.25. The Labute approximate surface area is 214 Å². The monoisotopic (exact) mass is 534 g/mol. The van der Waals surface area contributed by atoms with E-state index in [4.69, 9.17) is 4.84 Å². The van der Waals surface area contributed by atoms with Crippen molar-refractivity contribution in [1.29, 1.82) is 0 Å². The van der Waals surface area contributed by atoms with Gasteiger partial charge in [0.2, 0.25) is 0 Å². The Hall–Kier alpha value is -1.95. The first kappa shape index (κ1) is 24.7. The second-order valence-electron chi connectivity index (χ2n) is 9.23. The number of carbonyl (C=O) groups is 1. The number of rotatable bonds is 9. The van der Waals surface area contributed by atoms with Gasteiger partial charge in [-0.1, -0.05) is 28.6 Å². The lowest BCUT2D eigenvalue weighted by atomic mass is 10.1. The third-order valence-corrected chi connectivity index (χ3v) is 11.2. The number of thioether (sulfide) groups is 1. The van der Waals surface area contributed by atoms with Gasteiger partial charge in [-0.15, -0.1) is 11.8 Å². The summed E-state index contributed by atoms with van der Waals surface area (Å²) in [6.07, 6.45) is 9.47. The second kappa shape index (κ2) is 11.0. The van der Waals surface area contributed by atoms with Crippen molar-refractivity contribution in [3.8, 4) is 0 Å². The van der Waals surface area contributed by atoms with Crippen LogP contribution in [0, 0.1) is 0 Å². The Morgan fingerprint density at radius 2 is 1.80 bits per heavy atom. The van der Waals surface area contributed by atoms with Crippen LogP contribution in [0.1, 0.15) is 56.9 Å². The van der Waals surface area contributed by atoms with Crippen molar-refractivity contribution < 1.29 is 18.0 Å². The SMILES string of the molecule is O=C(Nc1ncc(SC2CCNCC2)s1)C(=NOC1CCCC1)c1ccc(S(=O)(=O)C2CC2)cc1. The summed E-state index contributed by atoms with van der Waals surface area (Å²) < 4.78 is 26.2. The molecule has 1 saturated heterocycles. The molecule has 2 aliphatic carbocycles. The molecule has 2 N–H and O–H groups in total. The van der Waals surface area contributed by atoms with Crippen molar-refractivity contribution in [2.24, 2.45) is 5.16 Å². The highest BCUT2D eigenvalue weighted by Crippen LogP contribution is 2.35. The highest BCUT2D eigenvalue weighted by atomic mass is 32.2. The molecule has 0 unspecified atom stereocenters. The van der Waals surface area contributed by atoms with Crippen LogP contribution in [0.3, 0.4) is 0 Å². The molecule has 2 heterocycles. The van der Waals surface area contributed by atoms with E-state index in [9.17, 15) is 13.2 Å². The van der Waals surface area contributed by atoms with Gasteiger partial charge in [0, 0.05) is 10.8 Å². The molecule has 2 aromatic rings. The van der Waals surface area contributed by atoms with Crippen LogP contribution in [0.5, 0.6) is 0 Å². The van der Waals surface area contributed by atoms with Gasteiger partial charge >= 0.3 is 0 Å². The lowest BCUT2D eigenvalue weighted by molar-refractivity contribution is -0.110. The summed E-state index contributed by atoms with van der Waals surface area (Å²) in [7, 11) is -3.30. The number of anilines is 1. The molecule has 3 aliphatic rings. The fraction of sp³-hybridized carbons (Fsp3) is 0.542. The van der Waals surface area contributed by atoms with Crippen LogP contribution in [0.15, 0.2) is 44.7 Å². The second-order valence-corrected chi connectivity index (χ2v) is 14.1. The highest BCUT2D eigenvalue weighted by Gasteiger charge is 2.36. The summed E-state index contributed by atoms with van der Waals surface area (Å²) in [6, 6.07) is 6.37. The van der Waals surface area contributed by atoms with Crippen LogP contribution in [0.2, 0.25) is 0 Å². The standard InChI is InChI=1S/C24H30N4O4S3/c29-23(27-24-26-15-21(34-24)33-18-11-13-25-14-12-18)22(28-32-17-3-1-2-4-17)16-5-7-19(8-6-16)35(30,31)20-9-10-20/h5-8,15,17-18,20,25H,1-4,9-14H2,(H,26,27,29). The summed E-state index contributed by atoms with van der Waals surface area (Å²) in [5.74, 6) is -0.423. The fourth-order valence-corrected chi connectivity index (χ4v) is 8.28. The highest BCUT2D eigenvalue weighted by molar-refractivity contribution is 8.01. The molecule has 0 spiro atoms. The van der Waals surface area contributed by atoms with Gasteiger partial charge < -0.3 is 10.2 Å². The van der Waals surface area contributed by atoms with E-state index >= 15 is 0 Å². The Morgan fingerprint density at radius 1 is 1.09 bits per heavy atom. The molecule has 5 rings (SSSR count). The smallest absolute Gasteiger partial charge is 0.280 e. The predicted molar refractivity (Wildman–Crippen MR) is 139 cm³/mol. The number of thiazole rings is 1. The van der Waals surface area contributed by atoms with Crippen LogP contribution >= 0.6 is 23.1 Å². The predicted octanol–water partition coefficient (Wildman–Crippen LogP) is 4.23. The van der Waals surface area contributed by atoms with E-state index in [1.807, 2.05) is 11.8 Å². The van der Waals surface area contributed by atoms with Crippen LogP contribution in [-0.2, 0) is 19.5 Å². The van der Waals surface area contributed by atoms with Crippen LogP contribution in [0.25, 0.3) is 0 Å². The molecule has 2 saturated carbocycles. The molecule has 1 aromatic heterocycles. The van der Waals surface area contributed by atoms with E-state index in [2.05, 4.69) is 20.8 Å². The number of oxime groups is 1. The number of nitrogens with one attached hydrogen (secondary N) is 2. The molecule has 35 heavy (non-hydrogen) atoms.